The van der Waals surface area contributed by atoms with Gasteiger partial charge in [0.05, 0.1) is 4.47 Å². The molecular formula is C11H14BrN3. The molecule has 2 saturated carbocycles. The molecular weight excluding hydrogens is 254 g/mol. The monoisotopic (exact) mass is 267 g/mol. The number of halogens is 1. The van der Waals surface area contributed by atoms with Crippen LogP contribution >= 0.6 is 15.9 Å². The number of nitrogens with zero attached hydrogens (tertiary/aromatic N) is 2. The molecule has 80 valence electrons. The zero-order valence-corrected chi connectivity index (χ0v) is 10.1. The zero-order valence-electron chi connectivity index (χ0n) is 8.49. The van der Waals surface area contributed by atoms with Gasteiger partial charge < -0.3 is 5.73 Å². The van der Waals surface area contributed by atoms with Crippen LogP contribution in [0.5, 0.6) is 0 Å². The van der Waals surface area contributed by atoms with E-state index in [4.69, 9.17) is 5.73 Å². The Morgan fingerprint density at radius 1 is 1.33 bits per heavy atom. The summed E-state index contributed by atoms with van der Waals surface area (Å²) < 4.78 is 0.800. The molecule has 3 rings (SSSR count). The Bertz CT molecular complexity index is 393. The predicted octanol–water partition coefficient (Wildman–Crippen LogP) is 2.72. The molecule has 2 fully saturated rings. The molecule has 0 aliphatic heterocycles. The van der Waals surface area contributed by atoms with Gasteiger partial charge in [-0.2, -0.15) is 0 Å². The fourth-order valence-corrected chi connectivity index (χ4v) is 3.33. The number of nitrogens with two attached hydrogens (primary N) is 1. The van der Waals surface area contributed by atoms with Crippen molar-refractivity contribution in [1.29, 1.82) is 0 Å². The maximum atomic E-state index is 5.79. The average molecular weight is 268 g/mol. The van der Waals surface area contributed by atoms with Crippen molar-refractivity contribution in [3.05, 3.63) is 16.5 Å². The first-order chi connectivity index (χ1) is 7.24. The van der Waals surface area contributed by atoms with Gasteiger partial charge >= 0.3 is 0 Å². The molecule has 2 N–H and O–H groups in total. The highest BCUT2D eigenvalue weighted by atomic mass is 79.9. The van der Waals surface area contributed by atoms with E-state index in [1.54, 1.807) is 6.20 Å². The number of fused-ring (bicyclic) bond motifs is 2. The number of anilines is 1. The van der Waals surface area contributed by atoms with Crippen molar-refractivity contribution in [3.63, 3.8) is 0 Å². The van der Waals surface area contributed by atoms with Gasteiger partial charge in [0.15, 0.2) is 0 Å². The van der Waals surface area contributed by atoms with Gasteiger partial charge in [0.25, 0.3) is 0 Å². The van der Waals surface area contributed by atoms with E-state index in [9.17, 15) is 0 Å². The van der Waals surface area contributed by atoms with Crippen molar-refractivity contribution in [2.75, 3.05) is 5.73 Å². The van der Waals surface area contributed by atoms with Gasteiger partial charge in [-0.1, -0.05) is 6.42 Å². The zero-order chi connectivity index (χ0) is 10.4. The first-order valence-electron chi connectivity index (χ1n) is 5.52. The summed E-state index contributed by atoms with van der Waals surface area (Å²) >= 11 is 3.33. The van der Waals surface area contributed by atoms with Crippen molar-refractivity contribution >= 4 is 21.7 Å². The lowest BCUT2D eigenvalue weighted by Crippen LogP contribution is -2.13. The molecule has 4 heteroatoms. The molecule has 3 unspecified atom stereocenters. The molecule has 0 amide bonds. The van der Waals surface area contributed by atoms with E-state index < -0.39 is 0 Å². The van der Waals surface area contributed by atoms with E-state index in [1.807, 2.05) is 0 Å². The second-order valence-corrected chi connectivity index (χ2v) is 5.60. The summed E-state index contributed by atoms with van der Waals surface area (Å²) in [7, 11) is 0. The lowest BCUT2D eigenvalue weighted by atomic mass is 9.88. The Kier molecular flexibility index (Phi) is 2.20. The molecule has 3 atom stereocenters. The Morgan fingerprint density at radius 3 is 2.80 bits per heavy atom. The fraction of sp³-hybridized carbons (Fsp3) is 0.636. The first kappa shape index (κ1) is 9.58. The molecule has 3 nitrogen and oxygen atoms in total. The van der Waals surface area contributed by atoms with Crippen LogP contribution in [-0.2, 0) is 0 Å². The lowest BCUT2D eigenvalue weighted by Gasteiger charge is -2.20. The third-order valence-electron chi connectivity index (χ3n) is 3.86. The minimum atomic E-state index is 0.569. The number of aromatic nitrogens is 2. The summed E-state index contributed by atoms with van der Waals surface area (Å²) in [4.78, 5) is 8.80. The first-order valence-corrected chi connectivity index (χ1v) is 6.31. The van der Waals surface area contributed by atoms with Gasteiger partial charge in [-0.05, 0) is 47.0 Å². The minimum Gasteiger partial charge on any atom is -0.383 e. The van der Waals surface area contributed by atoms with Crippen LogP contribution < -0.4 is 5.73 Å². The van der Waals surface area contributed by atoms with E-state index in [0.717, 1.165) is 22.1 Å². The number of rotatable bonds is 1. The van der Waals surface area contributed by atoms with Gasteiger partial charge in [0.1, 0.15) is 11.6 Å². The van der Waals surface area contributed by atoms with E-state index in [2.05, 4.69) is 25.9 Å². The fourth-order valence-electron chi connectivity index (χ4n) is 3.13. The van der Waals surface area contributed by atoms with Crippen molar-refractivity contribution in [2.45, 2.75) is 31.6 Å². The molecule has 0 aromatic carbocycles. The third-order valence-corrected chi connectivity index (χ3v) is 4.47. The molecule has 2 bridgehead atoms. The van der Waals surface area contributed by atoms with Crippen molar-refractivity contribution in [3.8, 4) is 0 Å². The molecule has 1 aromatic heterocycles. The standard InChI is InChI=1S/C11H14BrN3/c12-9-5-14-11(15-10(9)13)8-4-6-1-2-7(8)3-6/h5-8H,1-4H2,(H2,13,14,15). The van der Waals surface area contributed by atoms with E-state index in [1.165, 1.54) is 25.7 Å². The van der Waals surface area contributed by atoms with Gasteiger partial charge in [0, 0.05) is 12.1 Å². The minimum absolute atomic E-state index is 0.569. The molecule has 1 heterocycles. The molecule has 0 spiro atoms. The maximum Gasteiger partial charge on any atom is 0.141 e. The Hall–Kier alpha value is -0.640. The van der Waals surface area contributed by atoms with Gasteiger partial charge in [-0.15, -0.1) is 0 Å². The highest BCUT2D eigenvalue weighted by molar-refractivity contribution is 9.10. The van der Waals surface area contributed by atoms with Gasteiger partial charge in [-0.3, -0.25) is 0 Å². The van der Waals surface area contributed by atoms with Gasteiger partial charge in [0.2, 0.25) is 0 Å². The Balaban J connectivity index is 1.90. The Morgan fingerprint density at radius 2 is 2.20 bits per heavy atom. The second kappa shape index (κ2) is 3.44. The quantitative estimate of drug-likeness (QED) is 0.852. The molecule has 1 aromatic rings. The lowest BCUT2D eigenvalue weighted by molar-refractivity contribution is 0.405. The SMILES string of the molecule is Nc1nc(C2CC3CCC2C3)ncc1Br. The van der Waals surface area contributed by atoms with Crippen molar-refractivity contribution in [2.24, 2.45) is 11.8 Å². The highest BCUT2D eigenvalue weighted by Crippen LogP contribution is 2.52. The maximum absolute atomic E-state index is 5.79. The van der Waals surface area contributed by atoms with Crippen LogP contribution in [0.4, 0.5) is 5.82 Å². The van der Waals surface area contributed by atoms with Crippen molar-refractivity contribution in [1.82, 2.24) is 9.97 Å². The summed E-state index contributed by atoms with van der Waals surface area (Å²) in [6.45, 7) is 0. The number of hydrogen-bond acceptors (Lipinski definition) is 3. The summed E-state index contributed by atoms with van der Waals surface area (Å²) in [6.07, 6.45) is 7.20. The van der Waals surface area contributed by atoms with E-state index >= 15 is 0 Å². The van der Waals surface area contributed by atoms with Crippen molar-refractivity contribution < 1.29 is 0 Å². The van der Waals surface area contributed by atoms with Crippen LogP contribution in [-0.4, -0.2) is 9.97 Å². The molecule has 0 saturated heterocycles. The topological polar surface area (TPSA) is 51.8 Å². The largest absolute Gasteiger partial charge is 0.383 e. The summed E-state index contributed by atoms with van der Waals surface area (Å²) in [5, 5.41) is 0. The van der Waals surface area contributed by atoms with Crippen LogP contribution in [0.2, 0.25) is 0 Å². The number of hydrogen-bond donors (Lipinski definition) is 1. The molecule has 2 aliphatic carbocycles. The average Bonchev–Trinajstić information content (AvgIpc) is 2.83. The van der Waals surface area contributed by atoms with Crippen LogP contribution in [0.25, 0.3) is 0 Å². The summed E-state index contributed by atoms with van der Waals surface area (Å²) in [5.41, 5.74) is 5.79. The second-order valence-electron chi connectivity index (χ2n) is 4.74. The van der Waals surface area contributed by atoms with E-state index in [-0.39, 0.29) is 0 Å². The number of nitrogen functional groups attached to an aromatic ring is 1. The molecule has 2 aliphatic rings. The molecule has 0 radical (unpaired) electrons. The van der Waals surface area contributed by atoms with Crippen LogP contribution in [0, 0.1) is 11.8 Å². The van der Waals surface area contributed by atoms with E-state index in [0.29, 0.717) is 11.7 Å². The van der Waals surface area contributed by atoms with Crippen LogP contribution in [0.15, 0.2) is 10.7 Å². The smallest absolute Gasteiger partial charge is 0.141 e. The Labute approximate surface area is 97.6 Å². The highest BCUT2D eigenvalue weighted by Gasteiger charge is 2.41. The van der Waals surface area contributed by atoms with Gasteiger partial charge in [-0.25, -0.2) is 9.97 Å². The summed E-state index contributed by atoms with van der Waals surface area (Å²) in [5.74, 6) is 3.84. The van der Waals surface area contributed by atoms with Crippen LogP contribution in [0.1, 0.15) is 37.4 Å². The predicted molar refractivity (Wildman–Crippen MR) is 62.3 cm³/mol. The summed E-state index contributed by atoms with van der Waals surface area (Å²) in [6, 6.07) is 0. The third kappa shape index (κ3) is 1.55. The molecule has 15 heavy (non-hydrogen) atoms. The normalized spacial score (nSPS) is 33.5. The van der Waals surface area contributed by atoms with Crippen LogP contribution in [0.3, 0.4) is 0 Å².